The summed E-state index contributed by atoms with van der Waals surface area (Å²) in [5.74, 6) is 2.47. The Bertz CT molecular complexity index is 528. The molecule has 5 nitrogen and oxygen atoms in total. The predicted octanol–water partition coefficient (Wildman–Crippen LogP) is 3.49. The van der Waals surface area contributed by atoms with Gasteiger partial charge in [0, 0.05) is 24.8 Å². The van der Waals surface area contributed by atoms with Gasteiger partial charge in [-0.3, -0.25) is 0 Å². The summed E-state index contributed by atoms with van der Waals surface area (Å²) in [4.78, 5) is 9.11. The van der Waals surface area contributed by atoms with E-state index in [1.165, 1.54) is 25.7 Å². The van der Waals surface area contributed by atoms with E-state index in [1.54, 1.807) is 6.20 Å². The third kappa shape index (κ3) is 6.11. The molecule has 0 bridgehead atoms. The van der Waals surface area contributed by atoms with Gasteiger partial charge in [0.2, 0.25) is 5.88 Å². The van der Waals surface area contributed by atoms with Crippen LogP contribution in [0.15, 0.2) is 23.3 Å². The molecule has 1 aromatic heterocycles. The zero-order valence-corrected chi connectivity index (χ0v) is 16.8. The van der Waals surface area contributed by atoms with Gasteiger partial charge in [-0.05, 0) is 57.4 Å². The summed E-state index contributed by atoms with van der Waals surface area (Å²) in [6.45, 7) is 4.57. The SMILES string of the molecule is CCNC(=NCc1cccnc1OC1CCCC1)NCC1CC1.I. The number of hydrogen-bond acceptors (Lipinski definition) is 3. The van der Waals surface area contributed by atoms with Gasteiger partial charge >= 0.3 is 0 Å². The van der Waals surface area contributed by atoms with Crippen LogP contribution in [0.4, 0.5) is 0 Å². The number of aromatic nitrogens is 1. The largest absolute Gasteiger partial charge is 0.474 e. The molecule has 0 radical (unpaired) electrons. The van der Waals surface area contributed by atoms with E-state index in [0.717, 1.165) is 49.3 Å². The van der Waals surface area contributed by atoms with Crippen LogP contribution < -0.4 is 15.4 Å². The maximum Gasteiger partial charge on any atom is 0.218 e. The molecule has 0 aromatic carbocycles. The molecule has 0 saturated heterocycles. The van der Waals surface area contributed by atoms with Gasteiger partial charge in [-0.25, -0.2) is 9.98 Å². The van der Waals surface area contributed by atoms with Crippen LogP contribution in [0.5, 0.6) is 5.88 Å². The molecule has 134 valence electrons. The molecule has 3 rings (SSSR count). The zero-order chi connectivity index (χ0) is 15.9. The Morgan fingerprint density at radius 3 is 2.75 bits per heavy atom. The molecule has 1 heterocycles. The Hall–Kier alpha value is -1.05. The number of pyridine rings is 1. The van der Waals surface area contributed by atoms with Gasteiger partial charge in [-0.15, -0.1) is 24.0 Å². The van der Waals surface area contributed by atoms with E-state index in [0.29, 0.717) is 12.6 Å². The minimum absolute atomic E-state index is 0. The molecule has 0 unspecified atom stereocenters. The van der Waals surface area contributed by atoms with Gasteiger partial charge in [0.05, 0.1) is 6.54 Å². The van der Waals surface area contributed by atoms with Crippen LogP contribution in [-0.2, 0) is 6.54 Å². The second-order valence-electron chi connectivity index (χ2n) is 6.51. The first-order valence-electron chi connectivity index (χ1n) is 8.98. The van der Waals surface area contributed by atoms with Gasteiger partial charge in [0.25, 0.3) is 0 Å². The fourth-order valence-electron chi connectivity index (χ4n) is 2.88. The standard InChI is InChI=1S/C18H28N4O.HI/c1-2-19-18(21-12-14-9-10-14)22-13-15-6-5-11-20-17(15)23-16-7-3-4-8-16;/h5-6,11,14,16H,2-4,7-10,12-13H2,1H3,(H2,19,21,22);1H. The highest BCUT2D eigenvalue weighted by atomic mass is 127. The average molecular weight is 444 g/mol. The second-order valence-corrected chi connectivity index (χ2v) is 6.51. The van der Waals surface area contributed by atoms with Gasteiger partial charge in [0.15, 0.2) is 5.96 Å². The Balaban J connectivity index is 0.00000208. The van der Waals surface area contributed by atoms with Crippen molar-refractivity contribution in [3.63, 3.8) is 0 Å². The third-order valence-corrected chi connectivity index (χ3v) is 4.44. The molecule has 24 heavy (non-hydrogen) atoms. The molecule has 1 aromatic rings. The molecule has 6 heteroatoms. The quantitative estimate of drug-likeness (QED) is 0.384. The van der Waals surface area contributed by atoms with Crippen LogP contribution in [-0.4, -0.2) is 30.1 Å². The number of halogens is 1. The number of hydrogen-bond donors (Lipinski definition) is 2. The molecule has 2 aliphatic carbocycles. The second kappa shape index (κ2) is 10.1. The fourth-order valence-corrected chi connectivity index (χ4v) is 2.88. The molecule has 0 amide bonds. The maximum atomic E-state index is 6.09. The van der Waals surface area contributed by atoms with Crippen molar-refractivity contribution < 1.29 is 4.74 Å². The first-order chi connectivity index (χ1) is 11.3. The lowest BCUT2D eigenvalue weighted by Gasteiger charge is -2.15. The zero-order valence-electron chi connectivity index (χ0n) is 14.5. The number of nitrogens with zero attached hydrogens (tertiary/aromatic N) is 2. The van der Waals surface area contributed by atoms with Crippen molar-refractivity contribution >= 4 is 29.9 Å². The normalized spacial score (nSPS) is 18.1. The lowest BCUT2D eigenvalue weighted by Crippen LogP contribution is -2.38. The van der Waals surface area contributed by atoms with Crippen molar-refractivity contribution in [2.75, 3.05) is 13.1 Å². The summed E-state index contributed by atoms with van der Waals surface area (Å²) in [5.41, 5.74) is 1.06. The molecule has 2 aliphatic rings. The van der Waals surface area contributed by atoms with Crippen molar-refractivity contribution in [1.29, 1.82) is 0 Å². The molecule has 0 spiro atoms. The highest BCUT2D eigenvalue weighted by Gasteiger charge is 2.21. The predicted molar refractivity (Wildman–Crippen MR) is 108 cm³/mol. The first kappa shape index (κ1) is 19.3. The number of aliphatic imine (C=N–C) groups is 1. The van der Waals surface area contributed by atoms with Crippen LogP contribution in [0.2, 0.25) is 0 Å². The topological polar surface area (TPSA) is 58.5 Å². The number of rotatable bonds is 7. The van der Waals surface area contributed by atoms with E-state index < -0.39 is 0 Å². The van der Waals surface area contributed by atoms with Crippen LogP contribution >= 0.6 is 24.0 Å². The summed E-state index contributed by atoms with van der Waals surface area (Å²) in [5, 5.41) is 6.73. The van der Waals surface area contributed by atoms with Gasteiger partial charge in [-0.2, -0.15) is 0 Å². The lowest BCUT2D eigenvalue weighted by molar-refractivity contribution is 0.199. The molecule has 2 N–H and O–H groups in total. The van der Waals surface area contributed by atoms with Crippen LogP contribution in [0.1, 0.15) is 51.0 Å². The fraction of sp³-hybridized carbons (Fsp3) is 0.667. The monoisotopic (exact) mass is 444 g/mol. The Labute approximate surface area is 162 Å². The average Bonchev–Trinajstić information content (AvgIpc) is 3.26. The van der Waals surface area contributed by atoms with E-state index >= 15 is 0 Å². The number of ether oxygens (including phenoxy) is 1. The van der Waals surface area contributed by atoms with E-state index in [2.05, 4.69) is 28.6 Å². The minimum Gasteiger partial charge on any atom is -0.474 e. The Morgan fingerprint density at radius 2 is 2.04 bits per heavy atom. The van der Waals surface area contributed by atoms with Gasteiger partial charge in [-0.1, -0.05) is 6.07 Å². The Kier molecular flexibility index (Phi) is 8.08. The summed E-state index contributed by atoms with van der Waals surface area (Å²) in [6.07, 6.45) is 9.63. The van der Waals surface area contributed by atoms with Crippen molar-refractivity contribution in [2.24, 2.45) is 10.9 Å². The molecule has 0 aliphatic heterocycles. The van der Waals surface area contributed by atoms with Gasteiger partial charge in [0.1, 0.15) is 6.10 Å². The van der Waals surface area contributed by atoms with Crippen molar-refractivity contribution in [2.45, 2.75) is 58.1 Å². The minimum atomic E-state index is 0. The van der Waals surface area contributed by atoms with Crippen LogP contribution in [0.3, 0.4) is 0 Å². The number of guanidine groups is 1. The van der Waals surface area contributed by atoms with E-state index in [-0.39, 0.29) is 24.0 Å². The molecule has 2 saturated carbocycles. The van der Waals surface area contributed by atoms with Crippen molar-refractivity contribution in [3.05, 3.63) is 23.9 Å². The van der Waals surface area contributed by atoms with Gasteiger partial charge < -0.3 is 15.4 Å². The third-order valence-electron chi connectivity index (χ3n) is 4.44. The lowest BCUT2D eigenvalue weighted by atomic mass is 10.2. The highest BCUT2D eigenvalue weighted by molar-refractivity contribution is 14.0. The first-order valence-corrected chi connectivity index (χ1v) is 8.98. The Morgan fingerprint density at radius 1 is 1.25 bits per heavy atom. The summed E-state index contributed by atoms with van der Waals surface area (Å²) in [7, 11) is 0. The summed E-state index contributed by atoms with van der Waals surface area (Å²) < 4.78 is 6.09. The maximum absolute atomic E-state index is 6.09. The van der Waals surface area contributed by atoms with Crippen molar-refractivity contribution in [1.82, 2.24) is 15.6 Å². The highest BCUT2D eigenvalue weighted by Crippen LogP contribution is 2.27. The number of nitrogens with one attached hydrogen (secondary N) is 2. The van der Waals surface area contributed by atoms with Crippen LogP contribution in [0, 0.1) is 5.92 Å². The van der Waals surface area contributed by atoms with Crippen molar-refractivity contribution in [3.8, 4) is 5.88 Å². The van der Waals surface area contributed by atoms with E-state index in [1.807, 2.05) is 6.07 Å². The smallest absolute Gasteiger partial charge is 0.218 e. The molecular weight excluding hydrogens is 415 g/mol. The summed E-state index contributed by atoms with van der Waals surface area (Å²) in [6, 6.07) is 4.02. The van der Waals surface area contributed by atoms with E-state index in [9.17, 15) is 0 Å². The molecule has 0 atom stereocenters. The summed E-state index contributed by atoms with van der Waals surface area (Å²) >= 11 is 0. The molecular formula is C18H29IN4O. The van der Waals surface area contributed by atoms with E-state index in [4.69, 9.17) is 9.73 Å². The molecule has 2 fully saturated rings. The van der Waals surface area contributed by atoms with Crippen LogP contribution in [0.25, 0.3) is 0 Å².